The van der Waals surface area contributed by atoms with Gasteiger partial charge in [0, 0.05) is 12.6 Å². The van der Waals surface area contributed by atoms with Crippen molar-refractivity contribution >= 4 is 0 Å². The van der Waals surface area contributed by atoms with Gasteiger partial charge in [0.15, 0.2) is 0 Å². The first-order valence-electron chi connectivity index (χ1n) is 6.59. The molecule has 0 aromatic heterocycles. The predicted molar refractivity (Wildman–Crippen MR) is 68.2 cm³/mol. The molecule has 1 aliphatic rings. The van der Waals surface area contributed by atoms with Crippen LogP contribution in [0.1, 0.15) is 44.6 Å². The lowest BCUT2D eigenvalue weighted by atomic mass is 9.94. The van der Waals surface area contributed by atoms with E-state index in [4.69, 9.17) is 0 Å². The summed E-state index contributed by atoms with van der Waals surface area (Å²) in [5.41, 5.74) is 1.40. The first kappa shape index (κ1) is 11.7. The van der Waals surface area contributed by atoms with Crippen molar-refractivity contribution in [1.29, 1.82) is 0 Å². The van der Waals surface area contributed by atoms with Gasteiger partial charge in [-0.2, -0.15) is 0 Å². The normalized spacial score (nSPS) is 17.9. The minimum absolute atomic E-state index is 0.818. The highest BCUT2D eigenvalue weighted by Crippen LogP contribution is 2.23. The van der Waals surface area contributed by atoms with Crippen molar-refractivity contribution in [3.8, 4) is 0 Å². The third-order valence-corrected chi connectivity index (χ3v) is 3.65. The maximum atomic E-state index is 3.17. The van der Waals surface area contributed by atoms with Crippen molar-refractivity contribution in [2.75, 3.05) is 6.54 Å². The average molecular weight is 216 g/mol. The molecule has 0 atom stereocenters. The Kier molecular flexibility index (Phi) is 4.41. The van der Waals surface area contributed by atoms with Crippen LogP contribution in [0.5, 0.6) is 0 Å². The monoisotopic (exact) mass is 216 g/mol. The number of benzene rings is 1. The summed E-state index contributed by atoms with van der Waals surface area (Å²) in [6.07, 6.45) is 7.06. The first-order chi connectivity index (χ1) is 7.90. The molecule has 1 aromatic rings. The summed E-state index contributed by atoms with van der Waals surface area (Å²) in [6, 6.07) is 12.4. The molecular formula is C15H22N. The maximum absolute atomic E-state index is 3.17. The van der Waals surface area contributed by atoms with Crippen LogP contribution in [-0.2, 0) is 6.54 Å². The van der Waals surface area contributed by atoms with Crippen LogP contribution in [0.15, 0.2) is 24.3 Å². The van der Waals surface area contributed by atoms with Crippen LogP contribution in [0.2, 0.25) is 0 Å². The van der Waals surface area contributed by atoms with Gasteiger partial charge >= 0.3 is 0 Å². The van der Waals surface area contributed by atoms with Crippen molar-refractivity contribution in [2.24, 2.45) is 0 Å². The van der Waals surface area contributed by atoms with Crippen molar-refractivity contribution in [2.45, 2.75) is 51.6 Å². The molecule has 0 heterocycles. The molecule has 1 heteroatoms. The van der Waals surface area contributed by atoms with E-state index in [0.717, 1.165) is 12.6 Å². The topological polar surface area (TPSA) is 3.24 Å². The predicted octanol–water partition coefficient (Wildman–Crippen LogP) is 3.64. The highest BCUT2D eigenvalue weighted by molar-refractivity contribution is 5.13. The summed E-state index contributed by atoms with van der Waals surface area (Å²) < 4.78 is 0. The first-order valence-corrected chi connectivity index (χ1v) is 6.59. The standard InChI is InChI=1S/C15H22N/c1-2-16(15-11-7-4-8-12-15)13-14-9-5-3-6-10-14/h3,5,9-10,15H,2,4,7-8,11-13H2,1H3. The molecule has 0 bridgehead atoms. The molecule has 16 heavy (non-hydrogen) atoms. The van der Waals surface area contributed by atoms with Gasteiger partial charge in [-0.1, -0.05) is 44.4 Å². The average Bonchev–Trinajstić information content (AvgIpc) is 2.38. The van der Waals surface area contributed by atoms with Gasteiger partial charge in [-0.05, 0) is 37.1 Å². The summed E-state index contributed by atoms with van der Waals surface area (Å²) >= 11 is 0. The van der Waals surface area contributed by atoms with Crippen molar-refractivity contribution in [3.05, 3.63) is 35.9 Å². The second-order valence-corrected chi connectivity index (χ2v) is 4.77. The Morgan fingerprint density at radius 2 is 2.12 bits per heavy atom. The Morgan fingerprint density at radius 3 is 2.75 bits per heavy atom. The Bertz CT molecular complexity index is 288. The fourth-order valence-electron chi connectivity index (χ4n) is 2.71. The molecule has 0 N–H and O–H groups in total. The van der Waals surface area contributed by atoms with Gasteiger partial charge in [-0.25, -0.2) is 0 Å². The van der Waals surface area contributed by atoms with Gasteiger partial charge in [0.2, 0.25) is 0 Å². The number of rotatable bonds is 4. The zero-order chi connectivity index (χ0) is 11.2. The van der Waals surface area contributed by atoms with Crippen LogP contribution in [0, 0.1) is 6.07 Å². The van der Waals surface area contributed by atoms with Crippen molar-refractivity contribution < 1.29 is 0 Å². The summed E-state index contributed by atoms with van der Waals surface area (Å²) in [7, 11) is 0. The molecule has 0 amide bonds. The Morgan fingerprint density at radius 1 is 1.31 bits per heavy atom. The zero-order valence-corrected chi connectivity index (χ0v) is 10.3. The van der Waals surface area contributed by atoms with Gasteiger partial charge in [0.1, 0.15) is 0 Å². The highest BCUT2D eigenvalue weighted by Gasteiger charge is 2.19. The van der Waals surface area contributed by atoms with Crippen LogP contribution in [0.4, 0.5) is 0 Å². The fraction of sp³-hybridized carbons (Fsp3) is 0.600. The van der Waals surface area contributed by atoms with E-state index < -0.39 is 0 Å². The molecule has 0 unspecified atom stereocenters. The van der Waals surface area contributed by atoms with E-state index in [2.05, 4.69) is 36.1 Å². The van der Waals surface area contributed by atoms with Crippen LogP contribution in [-0.4, -0.2) is 17.5 Å². The Hall–Kier alpha value is -0.820. The number of hydrogen-bond donors (Lipinski definition) is 0. The Balaban J connectivity index is 1.94. The van der Waals surface area contributed by atoms with Crippen LogP contribution in [0.3, 0.4) is 0 Å². The Labute approximate surface area is 99.5 Å². The van der Waals surface area contributed by atoms with Crippen LogP contribution < -0.4 is 0 Å². The maximum Gasteiger partial charge on any atom is 0.0236 e. The lowest BCUT2D eigenvalue weighted by molar-refractivity contribution is 0.156. The molecule has 1 radical (unpaired) electrons. The lowest BCUT2D eigenvalue weighted by Gasteiger charge is -2.33. The summed E-state index contributed by atoms with van der Waals surface area (Å²) in [5.74, 6) is 0. The van der Waals surface area contributed by atoms with Crippen molar-refractivity contribution in [3.63, 3.8) is 0 Å². The molecule has 2 rings (SSSR count). The minimum Gasteiger partial charge on any atom is -0.296 e. The second-order valence-electron chi connectivity index (χ2n) is 4.77. The lowest BCUT2D eigenvalue weighted by Crippen LogP contribution is -2.36. The van der Waals surface area contributed by atoms with E-state index in [9.17, 15) is 0 Å². The highest BCUT2D eigenvalue weighted by atomic mass is 15.1. The van der Waals surface area contributed by atoms with Gasteiger partial charge in [-0.15, -0.1) is 0 Å². The summed E-state index contributed by atoms with van der Waals surface area (Å²) in [4.78, 5) is 2.63. The summed E-state index contributed by atoms with van der Waals surface area (Å²) in [6.45, 7) is 4.54. The molecule has 0 aliphatic heterocycles. The third kappa shape index (κ3) is 3.08. The van der Waals surface area contributed by atoms with E-state index in [0.29, 0.717) is 0 Å². The van der Waals surface area contributed by atoms with E-state index in [1.807, 2.05) is 6.07 Å². The smallest absolute Gasteiger partial charge is 0.0236 e. The van der Waals surface area contributed by atoms with E-state index in [1.54, 1.807) is 0 Å². The largest absolute Gasteiger partial charge is 0.296 e. The van der Waals surface area contributed by atoms with E-state index >= 15 is 0 Å². The minimum atomic E-state index is 0.818. The fourth-order valence-corrected chi connectivity index (χ4v) is 2.71. The van der Waals surface area contributed by atoms with Crippen LogP contribution >= 0.6 is 0 Å². The van der Waals surface area contributed by atoms with Gasteiger partial charge in [-0.3, -0.25) is 4.90 Å². The molecule has 0 saturated heterocycles. The molecule has 1 aliphatic carbocycles. The SMILES string of the molecule is CCN(Cc1c[c]ccc1)C1CCCCC1. The molecule has 1 saturated carbocycles. The summed E-state index contributed by atoms with van der Waals surface area (Å²) in [5, 5.41) is 0. The molecule has 1 nitrogen and oxygen atoms in total. The van der Waals surface area contributed by atoms with Gasteiger partial charge in [0.05, 0.1) is 0 Å². The van der Waals surface area contributed by atoms with E-state index in [-0.39, 0.29) is 0 Å². The number of hydrogen-bond acceptors (Lipinski definition) is 1. The molecular weight excluding hydrogens is 194 g/mol. The molecule has 87 valence electrons. The molecule has 0 spiro atoms. The number of nitrogens with zero attached hydrogens (tertiary/aromatic N) is 1. The van der Waals surface area contributed by atoms with Gasteiger partial charge < -0.3 is 0 Å². The second kappa shape index (κ2) is 6.05. The van der Waals surface area contributed by atoms with Crippen LogP contribution in [0.25, 0.3) is 0 Å². The quantitative estimate of drug-likeness (QED) is 0.742. The third-order valence-electron chi connectivity index (χ3n) is 3.65. The molecule has 1 aromatic carbocycles. The molecule has 1 fully saturated rings. The zero-order valence-electron chi connectivity index (χ0n) is 10.3. The van der Waals surface area contributed by atoms with Crippen molar-refractivity contribution in [1.82, 2.24) is 4.90 Å². The van der Waals surface area contributed by atoms with E-state index in [1.165, 1.54) is 44.2 Å². The van der Waals surface area contributed by atoms with Gasteiger partial charge in [0.25, 0.3) is 0 Å².